The third kappa shape index (κ3) is 6.70. The van der Waals surface area contributed by atoms with Crippen LogP contribution in [0.3, 0.4) is 0 Å². The van der Waals surface area contributed by atoms with Crippen molar-refractivity contribution in [3.8, 4) is 0 Å². The van der Waals surface area contributed by atoms with Crippen LogP contribution in [0.15, 0.2) is 12.5 Å². The quantitative estimate of drug-likeness (QED) is 0.319. The highest BCUT2D eigenvalue weighted by atomic mass is 31.3. The standard InChI is InChI=1S/C9H16N5O10P3/c1-6(2-7-3-11-9-8(10)12-4-13-14(7)9)22-5-25(15,16)23-27(20,21)24-26(17,18)19/h3-4,6H,2,5H2,1H3,(H,15,16)(H,20,21)(H2,10,12,13)(H2,17,18,19)/t6-/m1/s1. The first-order valence-corrected chi connectivity index (χ1v) is 11.7. The summed E-state index contributed by atoms with van der Waals surface area (Å²) in [6, 6.07) is 0. The topological polar surface area (TPSA) is 229 Å². The molecule has 0 spiro atoms. The van der Waals surface area contributed by atoms with Gasteiger partial charge in [0.2, 0.25) is 0 Å². The number of nitrogens with zero attached hydrogens (tertiary/aromatic N) is 4. The molecular weight excluding hydrogens is 431 g/mol. The zero-order valence-electron chi connectivity index (χ0n) is 13.6. The summed E-state index contributed by atoms with van der Waals surface area (Å²) in [4.78, 5) is 43.4. The monoisotopic (exact) mass is 447 g/mol. The first kappa shape index (κ1) is 22.1. The Kier molecular flexibility index (Phi) is 6.55. The average Bonchev–Trinajstić information content (AvgIpc) is 2.86. The Morgan fingerprint density at radius 3 is 2.48 bits per heavy atom. The molecule has 2 rings (SSSR count). The number of rotatable bonds is 9. The number of ether oxygens (including phenoxy) is 1. The highest BCUT2D eigenvalue weighted by molar-refractivity contribution is 7.68. The largest absolute Gasteiger partial charge is 0.488 e. The Balaban J connectivity index is 1.96. The minimum atomic E-state index is -5.49. The van der Waals surface area contributed by atoms with Crippen LogP contribution in [-0.2, 0) is 33.5 Å². The lowest BCUT2D eigenvalue weighted by Gasteiger charge is -2.18. The Hall–Kier alpha value is -1.24. The molecule has 18 heteroatoms. The molecule has 2 aromatic heterocycles. The van der Waals surface area contributed by atoms with E-state index in [-0.39, 0.29) is 12.2 Å². The van der Waals surface area contributed by atoms with E-state index in [4.69, 9.17) is 25.2 Å². The Labute approximate surface area is 151 Å². The molecule has 152 valence electrons. The fourth-order valence-corrected chi connectivity index (χ4v) is 5.31. The normalized spacial score (nSPS) is 18.1. The molecular formula is C9H16N5O10P3. The SMILES string of the molecule is C[C@H](Cc1cnc2c(N)ncnn12)OCP(=O)(O)OP(=O)(O)OP(=O)(O)O. The van der Waals surface area contributed by atoms with Gasteiger partial charge in [-0.05, 0) is 6.92 Å². The minimum Gasteiger partial charge on any atom is -0.381 e. The predicted octanol–water partition coefficient (Wildman–Crippen LogP) is 0.0233. The van der Waals surface area contributed by atoms with Crippen molar-refractivity contribution in [1.82, 2.24) is 19.6 Å². The van der Waals surface area contributed by atoms with Gasteiger partial charge in [-0.25, -0.2) is 27.9 Å². The van der Waals surface area contributed by atoms with Crippen LogP contribution in [0.2, 0.25) is 0 Å². The first-order valence-electron chi connectivity index (χ1n) is 6.95. The van der Waals surface area contributed by atoms with Crippen LogP contribution in [-0.4, -0.2) is 51.6 Å². The molecule has 0 saturated carbocycles. The third-order valence-corrected chi connectivity index (χ3v) is 6.86. The van der Waals surface area contributed by atoms with E-state index >= 15 is 0 Å². The van der Waals surface area contributed by atoms with E-state index in [2.05, 4.69) is 23.7 Å². The lowest BCUT2D eigenvalue weighted by molar-refractivity contribution is 0.0867. The molecule has 0 saturated heterocycles. The van der Waals surface area contributed by atoms with E-state index in [9.17, 15) is 18.6 Å². The van der Waals surface area contributed by atoms with Gasteiger partial charge in [-0.3, -0.25) is 4.57 Å². The molecule has 2 aromatic rings. The van der Waals surface area contributed by atoms with E-state index in [0.29, 0.717) is 11.3 Å². The van der Waals surface area contributed by atoms with Gasteiger partial charge in [-0.15, -0.1) is 0 Å². The Morgan fingerprint density at radius 1 is 1.19 bits per heavy atom. The molecule has 15 nitrogen and oxygen atoms in total. The number of phosphoric acid groups is 2. The number of hydrogen-bond acceptors (Lipinski definition) is 10. The van der Waals surface area contributed by atoms with Crippen LogP contribution in [0, 0.1) is 0 Å². The van der Waals surface area contributed by atoms with E-state index in [1.165, 1.54) is 24.0 Å². The zero-order valence-corrected chi connectivity index (χ0v) is 16.3. The number of aromatic nitrogens is 4. The summed E-state index contributed by atoms with van der Waals surface area (Å²) < 4.78 is 47.5. The van der Waals surface area contributed by atoms with Gasteiger partial charge < -0.3 is 30.0 Å². The van der Waals surface area contributed by atoms with Gasteiger partial charge in [0, 0.05) is 6.42 Å². The van der Waals surface area contributed by atoms with Crippen LogP contribution in [0.5, 0.6) is 0 Å². The molecule has 0 aromatic carbocycles. The second kappa shape index (κ2) is 8.02. The number of anilines is 1. The van der Waals surface area contributed by atoms with Gasteiger partial charge in [0.1, 0.15) is 12.7 Å². The van der Waals surface area contributed by atoms with Crippen molar-refractivity contribution >= 4 is 34.7 Å². The maximum atomic E-state index is 11.8. The van der Waals surface area contributed by atoms with Crippen molar-refractivity contribution in [1.29, 1.82) is 0 Å². The second-order valence-corrected chi connectivity index (χ2v) is 9.96. The molecule has 0 radical (unpaired) electrons. The molecule has 0 bridgehead atoms. The van der Waals surface area contributed by atoms with E-state index in [1.54, 1.807) is 0 Å². The summed E-state index contributed by atoms with van der Waals surface area (Å²) in [5, 5.41) is 3.96. The number of nitrogens with two attached hydrogens (primary N) is 1. The molecule has 2 unspecified atom stereocenters. The molecule has 27 heavy (non-hydrogen) atoms. The summed E-state index contributed by atoms with van der Waals surface area (Å²) in [5.74, 6) is 0.154. The summed E-state index contributed by atoms with van der Waals surface area (Å²) in [5.41, 5.74) is 6.50. The number of imidazole rings is 1. The van der Waals surface area contributed by atoms with Crippen molar-refractivity contribution in [2.75, 3.05) is 12.1 Å². The van der Waals surface area contributed by atoms with Crippen LogP contribution in [0.4, 0.5) is 5.82 Å². The Morgan fingerprint density at radius 2 is 1.85 bits per heavy atom. The lowest BCUT2D eigenvalue weighted by atomic mass is 10.2. The van der Waals surface area contributed by atoms with Crippen molar-refractivity contribution < 1.29 is 46.6 Å². The third-order valence-electron chi connectivity index (χ3n) is 2.86. The number of fused-ring (bicyclic) bond motifs is 1. The van der Waals surface area contributed by atoms with Crippen LogP contribution >= 0.6 is 23.2 Å². The van der Waals surface area contributed by atoms with Crippen LogP contribution < -0.4 is 5.73 Å². The molecule has 0 aliphatic rings. The first-order chi connectivity index (χ1) is 12.3. The van der Waals surface area contributed by atoms with Crippen molar-refractivity contribution in [2.45, 2.75) is 19.4 Å². The summed E-state index contributed by atoms with van der Waals surface area (Å²) >= 11 is 0. The van der Waals surface area contributed by atoms with Crippen LogP contribution in [0.25, 0.3) is 5.65 Å². The van der Waals surface area contributed by atoms with Crippen molar-refractivity contribution in [3.05, 3.63) is 18.2 Å². The second-order valence-electron chi connectivity index (χ2n) is 5.20. The average molecular weight is 447 g/mol. The molecule has 3 atom stereocenters. The van der Waals surface area contributed by atoms with Gasteiger partial charge in [-0.1, -0.05) is 0 Å². The lowest BCUT2D eigenvalue weighted by Crippen LogP contribution is -2.15. The molecule has 6 N–H and O–H groups in total. The summed E-state index contributed by atoms with van der Waals surface area (Å²) in [7, 11) is -15.8. The molecule has 0 aliphatic heterocycles. The van der Waals surface area contributed by atoms with Crippen molar-refractivity contribution in [3.63, 3.8) is 0 Å². The summed E-state index contributed by atoms with van der Waals surface area (Å²) in [6.45, 7) is 1.52. The van der Waals surface area contributed by atoms with Crippen molar-refractivity contribution in [2.24, 2.45) is 0 Å². The van der Waals surface area contributed by atoms with Gasteiger partial charge in [0.25, 0.3) is 0 Å². The van der Waals surface area contributed by atoms with Gasteiger partial charge in [0.05, 0.1) is 18.0 Å². The highest BCUT2D eigenvalue weighted by Gasteiger charge is 2.39. The van der Waals surface area contributed by atoms with Gasteiger partial charge >= 0.3 is 23.2 Å². The fraction of sp³-hybridized carbons (Fsp3) is 0.444. The van der Waals surface area contributed by atoms with Gasteiger partial charge in [0.15, 0.2) is 11.5 Å². The van der Waals surface area contributed by atoms with E-state index in [0.717, 1.165) is 0 Å². The zero-order chi connectivity index (χ0) is 20.5. The van der Waals surface area contributed by atoms with E-state index < -0.39 is 35.7 Å². The van der Waals surface area contributed by atoms with Gasteiger partial charge in [-0.2, -0.15) is 9.41 Å². The smallest absolute Gasteiger partial charge is 0.381 e. The number of hydrogen-bond donors (Lipinski definition) is 5. The fourth-order valence-electron chi connectivity index (χ4n) is 1.93. The Bertz CT molecular complexity index is 959. The molecule has 0 aliphatic carbocycles. The maximum absolute atomic E-state index is 11.8. The maximum Gasteiger partial charge on any atom is 0.488 e. The van der Waals surface area contributed by atoms with Crippen LogP contribution in [0.1, 0.15) is 12.6 Å². The molecule has 2 heterocycles. The summed E-state index contributed by atoms with van der Waals surface area (Å²) in [6.07, 6.45) is 1.08. The minimum absolute atomic E-state index is 0.154. The highest BCUT2D eigenvalue weighted by Crippen LogP contribution is 2.65. The number of nitrogen functional groups attached to an aromatic ring is 1. The molecule has 0 fully saturated rings. The van der Waals surface area contributed by atoms with E-state index in [1.807, 2.05) is 0 Å². The predicted molar refractivity (Wildman–Crippen MR) is 88.2 cm³/mol. The molecule has 0 amide bonds.